The van der Waals surface area contributed by atoms with E-state index in [2.05, 4.69) is 33.0 Å². The lowest BCUT2D eigenvalue weighted by atomic mass is 9.53. The molecular formula is C30H33FN6O5. The highest BCUT2D eigenvalue weighted by Crippen LogP contribution is 2.58. The predicted octanol–water partition coefficient (Wildman–Crippen LogP) is 3.57. The lowest BCUT2D eigenvalue weighted by molar-refractivity contribution is -0.126. The summed E-state index contributed by atoms with van der Waals surface area (Å²) < 4.78 is 20.9. The van der Waals surface area contributed by atoms with Gasteiger partial charge >= 0.3 is 0 Å². The van der Waals surface area contributed by atoms with Crippen molar-refractivity contribution in [3.05, 3.63) is 53.2 Å². The van der Waals surface area contributed by atoms with E-state index < -0.39 is 23.7 Å². The number of benzene rings is 1. The van der Waals surface area contributed by atoms with Crippen LogP contribution in [0.25, 0.3) is 5.65 Å². The molecule has 0 saturated heterocycles. The lowest BCUT2D eigenvalue weighted by Crippen LogP contribution is -2.45. The van der Waals surface area contributed by atoms with Crippen molar-refractivity contribution >= 4 is 34.8 Å². The van der Waals surface area contributed by atoms with Crippen molar-refractivity contribution in [3.8, 4) is 5.75 Å². The minimum Gasteiger partial charge on any atom is -0.482 e. The van der Waals surface area contributed by atoms with Crippen LogP contribution in [0.5, 0.6) is 5.75 Å². The third kappa shape index (κ3) is 5.33. The summed E-state index contributed by atoms with van der Waals surface area (Å²) in [6.45, 7) is 3.98. The van der Waals surface area contributed by atoms with Crippen LogP contribution in [-0.2, 0) is 16.1 Å². The molecule has 4 aliphatic rings. The van der Waals surface area contributed by atoms with Crippen LogP contribution in [0.3, 0.4) is 0 Å². The van der Waals surface area contributed by atoms with Crippen molar-refractivity contribution in [1.82, 2.24) is 25.2 Å². The number of hydrogen-bond acceptors (Lipinski definition) is 7. The fraction of sp³-hybridized carbons (Fsp3) is 0.467. The zero-order valence-electron chi connectivity index (χ0n) is 23.6. The SMILES string of the molecule is C[C@H](NC(=O)c1cc(C(=O)NCc2ccc3c(c2)NC(=O)CO3)nc2c(F)cnn12)C(=O)CC12CCC(C)(CC1)CC2. The Morgan fingerprint density at radius 2 is 1.86 bits per heavy atom. The standard InChI is InChI=1S/C30H33FN6O5/c1-17(23(38)13-30-8-5-29(2,6-9-30)7-10-30)34-28(41)22-12-21(36-26-19(31)15-33-37(22)26)27(40)32-14-18-3-4-24-20(11-18)35-25(39)16-42-24/h3-4,11-12,15,17H,5-10,13-14,16H2,1-2H3,(H,32,40)(H,34,41)(H,35,39)/t17-,29?,30?/m0/s1. The molecule has 2 bridgehead atoms. The summed E-state index contributed by atoms with van der Waals surface area (Å²) >= 11 is 0. The Bertz CT molecular complexity index is 1590. The molecule has 2 aromatic heterocycles. The average Bonchev–Trinajstić information content (AvgIpc) is 3.36. The topological polar surface area (TPSA) is 144 Å². The van der Waals surface area contributed by atoms with E-state index in [9.17, 15) is 23.6 Å². The minimum absolute atomic E-state index is 0.00477. The van der Waals surface area contributed by atoms with Gasteiger partial charge in [-0.3, -0.25) is 19.2 Å². The van der Waals surface area contributed by atoms with Gasteiger partial charge in [0, 0.05) is 19.0 Å². The van der Waals surface area contributed by atoms with Crippen LogP contribution in [0.1, 0.15) is 85.3 Å². The molecule has 0 spiro atoms. The van der Waals surface area contributed by atoms with E-state index in [1.54, 1.807) is 25.1 Å². The van der Waals surface area contributed by atoms with Gasteiger partial charge < -0.3 is 20.7 Å². The summed E-state index contributed by atoms with van der Waals surface area (Å²) in [7, 11) is 0. The molecule has 42 heavy (non-hydrogen) atoms. The van der Waals surface area contributed by atoms with Crippen LogP contribution < -0.4 is 20.7 Å². The summed E-state index contributed by atoms with van der Waals surface area (Å²) in [6.07, 6.45) is 7.80. The molecule has 3 aromatic rings. The van der Waals surface area contributed by atoms with E-state index in [0.717, 1.165) is 49.2 Å². The minimum atomic E-state index is -0.797. The van der Waals surface area contributed by atoms with E-state index in [0.29, 0.717) is 28.8 Å². The fourth-order valence-corrected chi connectivity index (χ4v) is 6.32. The number of fused-ring (bicyclic) bond motifs is 5. The molecule has 3 N–H and O–H groups in total. The molecule has 1 atom stereocenters. The first-order valence-electron chi connectivity index (χ1n) is 14.2. The quantitative estimate of drug-likeness (QED) is 0.372. The summed E-state index contributed by atoms with van der Waals surface area (Å²) in [6, 6.07) is 5.56. The van der Waals surface area contributed by atoms with Crippen LogP contribution in [0.15, 0.2) is 30.5 Å². The van der Waals surface area contributed by atoms with Crippen LogP contribution in [0, 0.1) is 16.6 Å². The van der Waals surface area contributed by atoms with Gasteiger partial charge in [0.25, 0.3) is 17.7 Å². The number of halogens is 1. The number of aromatic nitrogens is 3. The molecule has 7 rings (SSSR count). The predicted molar refractivity (Wildman–Crippen MR) is 149 cm³/mol. The molecule has 3 amide bonds. The van der Waals surface area contributed by atoms with Gasteiger partial charge in [0.05, 0.1) is 17.9 Å². The maximum atomic E-state index is 14.5. The van der Waals surface area contributed by atoms with Crippen LogP contribution in [0.4, 0.5) is 10.1 Å². The number of Topliss-reactive ketones (excluding diaryl/α,β-unsaturated/α-hetero) is 1. The molecular weight excluding hydrogens is 543 g/mol. The second-order valence-corrected chi connectivity index (χ2v) is 12.3. The zero-order valence-corrected chi connectivity index (χ0v) is 23.6. The Labute approximate surface area is 241 Å². The Hall–Kier alpha value is -4.35. The average molecular weight is 577 g/mol. The summed E-state index contributed by atoms with van der Waals surface area (Å²) in [4.78, 5) is 55.3. The fourth-order valence-electron chi connectivity index (χ4n) is 6.32. The van der Waals surface area contributed by atoms with E-state index in [-0.39, 0.29) is 47.3 Å². The van der Waals surface area contributed by atoms with Gasteiger partial charge in [0.15, 0.2) is 23.9 Å². The van der Waals surface area contributed by atoms with Crippen molar-refractivity contribution in [1.29, 1.82) is 0 Å². The molecule has 220 valence electrons. The number of anilines is 1. The summed E-state index contributed by atoms with van der Waals surface area (Å²) in [5.74, 6) is -1.90. The van der Waals surface area contributed by atoms with E-state index in [4.69, 9.17) is 4.74 Å². The normalized spacial score (nSPS) is 23.5. The monoisotopic (exact) mass is 576 g/mol. The largest absolute Gasteiger partial charge is 0.482 e. The number of ether oxygens (including phenoxy) is 1. The first kappa shape index (κ1) is 27.8. The third-order valence-electron chi connectivity index (χ3n) is 9.18. The van der Waals surface area contributed by atoms with Crippen molar-refractivity contribution < 1.29 is 28.3 Å². The van der Waals surface area contributed by atoms with Gasteiger partial charge in [-0.05, 0) is 74.0 Å². The van der Waals surface area contributed by atoms with Crippen LogP contribution in [-0.4, -0.2) is 50.8 Å². The lowest BCUT2D eigenvalue weighted by Gasteiger charge is -2.52. The molecule has 3 heterocycles. The molecule has 12 heteroatoms. The molecule has 3 fully saturated rings. The second-order valence-electron chi connectivity index (χ2n) is 12.3. The van der Waals surface area contributed by atoms with Crippen LogP contribution in [0.2, 0.25) is 0 Å². The first-order valence-corrected chi connectivity index (χ1v) is 14.2. The Morgan fingerprint density at radius 1 is 1.12 bits per heavy atom. The second kappa shape index (κ2) is 10.5. The zero-order chi connectivity index (χ0) is 29.6. The van der Waals surface area contributed by atoms with Gasteiger partial charge in [0.1, 0.15) is 17.1 Å². The number of amides is 3. The molecule has 3 aliphatic carbocycles. The smallest absolute Gasteiger partial charge is 0.270 e. The highest BCUT2D eigenvalue weighted by molar-refractivity contribution is 6.00. The van der Waals surface area contributed by atoms with Crippen molar-refractivity contribution in [2.45, 2.75) is 71.4 Å². The maximum absolute atomic E-state index is 14.5. The van der Waals surface area contributed by atoms with Gasteiger partial charge in [-0.15, -0.1) is 0 Å². The van der Waals surface area contributed by atoms with Crippen molar-refractivity contribution in [2.24, 2.45) is 10.8 Å². The highest BCUT2D eigenvalue weighted by Gasteiger charge is 2.47. The van der Waals surface area contributed by atoms with Gasteiger partial charge in [0.2, 0.25) is 0 Å². The number of nitrogens with one attached hydrogen (secondary N) is 3. The molecule has 1 aromatic carbocycles. The van der Waals surface area contributed by atoms with Gasteiger partial charge in [-0.1, -0.05) is 13.0 Å². The molecule has 0 unspecified atom stereocenters. The Morgan fingerprint density at radius 3 is 2.60 bits per heavy atom. The molecule has 1 aliphatic heterocycles. The highest BCUT2D eigenvalue weighted by atomic mass is 19.1. The number of nitrogens with zero attached hydrogens (tertiary/aromatic N) is 3. The summed E-state index contributed by atoms with van der Waals surface area (Å²) in [5.41, 5.74) is 0.977. The number of ketones is 1. The van der Waals surface area contributed by atoms with Crippen molar-refractivity contribution in [2.75, 3.05) is 11.9 Å². The Kier molecular flexibility index (Phi) is 6.94. The first-order chi connectivity index (χ1) is 20.0. The number of carbonyl (C=O) groups excluding carboxylic acids is 4. The third-order valence-corrected chi connectivity index (χ3v) is 9.18. The van der Waals surface area contributed by atoms with E-state index in [1.165, 1.54) is 6.07 Å². The number of hydrogen-bond donors (Lipinski definition) is 3. The summed E-state index contributed by atoms with van der Waals surface area (Å²) in [5, 5.41) is 12.1. The van der Waals surface area contributed by atoms with Crippen molar-refractivity contribution in [3.63, 3.8) is 0 Å². The van der Waals surface area contributed by atoms with Crippen LogP contribution >= 0.6 is 0 Å². The van der Waals surface area contributed by atoms with E-state index in [1.807, 2.05) is 0 Å². The number of rotatable bonds is 8. The maximum Gasteiger partial charge on any atom is 0.270 e. The van der Waals surface area contributed by atoms with Gasteiger partial charge in [-0.2, -0.15) is 5.10 Å². The van der Waals surface area contributed by atoms with Gasteiger partial charge in [-0.25, -0.2) is 13.9 Å². The molecule has 0 radical (unpaired) electrons. The van der Waals surface area contributed by atoms with E-state index >= 15 is 0 Å². The number of carbonyl (C=O) groups is 4. The Balaban J connectivity index is 1.15. The molecule has 3 saturated carbocycles. The molecule has 11 nitrogen and oxygen atoms in total.